The van der Waals surface area contributed by atoms with Gasteiger partial charge in [0.05, 0.1) is 6.54 Å². The Kier molecular flexibility index (Phi) is 9.11. The monoisotopic (exact) mass is 447 g/mol. The molecule has 1 aliphatic heterocycles. The number of H-pyrrole nitrogens is 1. The second kappa shape index (κ2) is 11.8. The highest BCUT2D eigenvalue weighted by Crippen LogP contribution is 2.33. The van der Waals surface area contributed by atoms with Crippen LogP contribution in [0.4, 0.5) is 0 Å². The molecular weight excluding hydrogens is 406 g/mol. The molecule has 2 amide bonds. The van der Waals surface area contributed by atoms with E-state index in [1.165, 1.54) is 19.3 Å². The van der Waals surface area contributed by atoms with Gasteiger partial charge in [-0.3, -0.25) is 19.7 Å². The maximum Gasteiger partial charge on any atom is 0.233 e. The van der Waals surface area contributed by atoms with Gasteiger partial charge in [-0.1, -0.05) is 46.0 Å². The zero-order valence-corrected chi connectivity index (χ0v) is 19.8. The van der Waals surface area contributed by atoms with Crippen LogP contribution in [0.3, 0.4) is 0 Å². The van der Waals surface area contributed by atoms with Crippen LogP contribution >= 0.6 is 0 Å². The van der Waals surface area contributed by atoms with Crippen molar-refractivity contribution in [2.75, 3.05) is 26.2 Å². The molecule has 2 heterocycles. The number of nitrogens with one attached hydrogen (secondary N) is 2. The minimum atomic E-state index is -0.134. The van der Waals surface area contributed by atoms with Crippen molar-refractivity contribution in [2.24, 2.45) is 17.3 Å². The Hall–Kier alpha value is -1.93. The molecule has 0 aromatic carbocycles. The highest BCUT2D eigenvalue weighted by molar-refractivity contribution is 5.76. The second-order valence-corrected chi connectivity index (χ2v) is 10.5. The molecule has 2 fully saturated rings. The second-order valence-electron chi connectivity index (χ2n) is 10.5. The van der Waals surface area contributed by atoms with Gasteiger partial charge >= 0.3 is 0 Å². The topological polar surface area (TPSA) is 102 Å². The van der Waals surface area contributed by atoms with Crippen LogP contribution in [0, 0.1) is 17.3 Å². The fraction of sp³-hybridized carbons (Fsp3) is 0.792. The molecule has 1 atom stereocenters. The first-order valence-electron chi connectivity index (χ1n) is 12.3. The molecule has 8 heteroatoms. The summed E-state index contributed by atoms with van der Waals surface area (Å²) in [5.41, 5.74) is 1.02. The van der Waals surface area contributed by atoms with Crippen LogP contribution in [-0.4, -0.2) is 63.6 Å². The zero-order chi connectivity index (χ0) is 23.0. The first-order chi connectivity index (χ1) is 15.3. The van der Waals surface area contributed by atoms with Gasteiger partial charge in [-0.15, -0.1) is 0 Å². The lowest BCUT2D eigenvalue weighted by Gasteiger charge is -2.27. The number of rotatable bonds is 12. The zero-order valence-electron chi connectivity index (χ0n) is 19.8. The number of piperidine rings is 1. The summed E-state index contributed by atoms with van der Waals surface area (Å²) in [6.07, 6.45) is 11.8. The highest BCUT2D eigenvalue weighted by Gasteiger charge is 2.29. The van der Waals surface area contributed by atoms with E-state index in [1.807, 2.05) is 6.20 Å². The number of hydrogen-bond donors (Lipinski definition) is 3. The maximum atomic E-state index is 12.7. The van der Waals surface area contributed by atoms with Gasteiger partial charge < -0.3 is 10.3 Å². The van der Waals surface area contributed by atoms with E-state index in [2.05, 4.69) is 34.0 Å². The Morgan fingerprint density at radius 3 is 2.72 bits per heavy atom. The smallest absolute Gasteiger partial charge is 0.233 e. The molecule has 1 saturated heterocycles. The number of imidazole rings is 1. The first-order valence-corrected chi connectivity index (χ1v) is 12.3. The Morgan fingerprint density at radius 2 is 2.03 bits per heavy atom. The fourth-order valence-electron chi connectivity index (χ4n) is 5.19. The number of likely N-dealkylation sites (tertiary alicyclic amines) is 1. The minimum absolute atomic E-state index is 0.00164. The largest absolute Gasteiger partial charge is 0.356 e. The molecule has 1 saturated carbocycles. The summed E-state index contributed by atoms with van der Waals surface area (Å²) < 4.78 is 0. The van der Waals surface area contributed by atoms with Crippen molar-refractivity contribution in [3.8, 4) is 0 Å². The van der Waals surface area contributed by atoms with Gasteiger partial charge in [-0.2, -0.15) is 0 Å². The van der Waals surface area contributed by atoms with Gasteiger partial charge in [0.2, 0.25) is 12.3 Å². The van der Waals surface area contributed by atoms with Crippen molar-refractivity contribution in [2.45, 2.75) is 78.2 Å². The summed E-state index contributed by atoms with van der Waals surface area (Å²) in [5.74, 6) is 1.34. The molecule has 1 aliphatic carbocycles. The van der Waals surface area contributed by atoms with Gasteiger partial charge in [0.15, 0.2) is 0 Å². The quantitative estimate of drug-likeness (QED) is 0.260. The molecule has 0 radical (unpaired) electrons. The van der Waals surface area contributed by atoms with Gasteiger partial charge in [0.1, 0.15) is 5.82 Å². The SMILES string of the molecule is CC(C)(CNC(=O)CC(CN(O)C=O)C1CCCC1)Cc1ncc(CN2CCCCC2)[nH]1. The predicted molar refractivity (Wildman–Crippen MR) is 123 cm³/mol. The molecular formula is C24H41N5O3. The molecule has 0 spiro atoms. The normalized spacial score (nSPS) is 19.1. The molecule has 1 aromatic rings. The number of amides is 2. The molecule has 0 bridgehead atoms. The average molecular weight is 448 g/mol. The van der Waals surface area contributed by atoms with Crippen molar-refractivity contribution >= 4 is 12.3 Å². The standard InChI is InChI=1S/C24H41N5O3/c1-24(2,13-22-25-14-21(27-22)16-28-10-6-3-7-11-28)17-26-23(31)12-20(15-29(32)18-30)19-8-4-5-9-19/h14,18-20,32H,3-13,15-17H2,1-2H3,(H,25,27)(H,26,31). The van der Waals surface area contributed by atoms with E-state index in [9.17, 15) is 14.8 Å². The maximum absolute atomic E-state index is 12.7. The van der Waals surface area contributed by atoms with Crippen molar-refractivity contribution < 1.29 is 14.8 Å². The third-order valence-electron chi connectivity index (χ3n) is 6.99. The minimum Gasteiger partial charge on any atom is -0.356 e. The summed E-state index contributed by atoms with van der Waals surface area (Å²) in [5, 5.41) is 13.4. The number of aromatic amines is 1. The van der Waals surface area contributed by atoms with Gasteiger partial charge in [0, 0.05) is 37.8 Å². The average Bonchev–Trinajstić information content (AvgIpc) is 3.45. The van der Waals surface area contributed by atoms with Gasteiger partial charge in [-0.25, -0.2) is 10.0 Å². The van der Waals surface area contributed by atoms with Crippen molar-refractivity contribution in [1.82, 2.24) is 25.2 Å². The lowest BCUT2D eigenvalue weighted by molar-refractivity contribution is -0.154. The van der Waals surface area contributed by atoms with Crippen LogP contribution in [0.1, 0.15) is 76.7 Å². The van der Waals surface area contributed by atoms with Crippen LogP contribution < -0.4 is 5.32 Å². The third-order valence-corrected chi connectivity index (χ3v) is 6.99. The van der Waals surface area contributed by atoms with E-state index in [-0.39, 0.29) is 23.8 Å². The Labute approximate surface area is 192 Å². The molecule has 1 unspecified atom stereocenters. The third kappa shape index (κ3) is 7.89. The summed E-state index contributed by atoms with van der Waals surface area (Å²) in [4.78, 5) is 34.0. The van der Waals surface area contributed by atoms with Crippen LogP contribution in [0.2, 0.25) is 0 Å². The predicted octanol–water partition coefficient (Wildman–Crippen LogP) is 3.12. The van der Waals surface area contributed by atoms with Crippen LogP contribution in [-0.2, 0) is 22.6 Å². The molecule has 8 nitrogen and oxygen atoms in total. The van der Waals surface area contributed by atoms with E-state index in [4.69, 9.17) is 0 Å². The van der Waals surface area contributed by atoms with Gasteiger partial charge in [0.25, 0.3) is 0 Å². The van der Waals surface area contributed by atoms with Crippen molar-refractivity contribution in [3.05, 3.63) is 17.7 Å². The van der Waals surface area contributed by atoms with Crippen molar-refractivity contribution in [3.63, 3.8) is 0 Å². The number of nitrogens with zero attached hydrogens (tertiary/aromatic N) is 3. The van der Waals surface area contributed by atoms with E-state index < -0.39 is 0 Å². The lowest BCUT2D eigenvalue weighted by atomic mass is 9.86. The molecule has 2 aliphatic rings. The fourth-order valence-corrected chi connectivity index (χ4v) is 5.19. The number of hydrogen-bond acceptors (Lipinski definition) is 5. The Balaban J connectivity index is 1.45. The number of carbonyl (C=O) groups is 2. The van der Waals surface area contributed by atoms with E-state index in [1.54, 1.807) is 0 Å². The van der Waals surface area contributed by atoms with E-state index in [0.717, 1.165) is 63.3 Å². The molecule has 32 heavy (non-hydrogen) atoms. The summed E-state index contributed by atoms with van der Waals surface area (Å²) in [6.45, 7) is 8.30. The molecule has 3 N–H and O–H groups in total. The van der Waals surface area contributed by atoms with Crippen LogP contribution in [0.15, 0.2) is 6.20 Å². The van der Waals surface area contributed by atoms with Crippen molar-refractivity contribution in [1.29, 1.82) is 0 Å². The summed E-state index contributed by atoms with van der Waals surface area (Å²) in [6, 6.07) is 0. The highest BCUT2D eigenvalue weighted by atomic mass is 16.5. The van der Waals surface area contributed by atoms with Gasteiger partial charge in [-0.05, 0) is 43.2 Å². The lowest BCUT2D eigenvalue weighted by Crippen LogP contribution is -2.38. The number of aromatic nitrogens is 2. The number of carbonyl (C=O) groups excluding carboxylic acids is 2. The first kappa shape index (κ1) is 24.7. The molecule has 1 aromatic heterocycles. The van der Waals surface area contributed by atoms with Crippen LogP contribution in [0.5, 0.6) is 0 Å². The Morgan fingerprint density at radius 1 is 1.31 bits per heavy atom. The molecule has 3 rings (SSSR count). The Bertz CT molecular complexity index is 723. The summed E-state index contributed by atoms with van der Waals surface area (Å²) >= 11 is 0. The van der Waals surface area contributed by atoms with E-state index in [0.29, 0.717) is 30.4 Å². The molecule has 180 valence electrons. The van der Waals surface area contributed by atoms with E-state index >= 15 is 0 Å². The number of hydroxylamine groups is 2. The van der Waals surface area contributed by atoms with Crippen LogP contribution in [0.25, 0.3) is 0 Å². The summed E-state index contributed by atoms with van der Waals surface area (Å²) in [7, 11) is 0.